The fourth-order valence-corrected chi connectivity index (χ4v) is 4.18. The van der Waals surface area contributed by atoms with Gasteiger partial charge in [0.25, 0.3) is 0 Å². The fraction of sp³-hybridized carbons (Fsp3) is 0.500. The molecule has 2 fully saturated rings. The van der Waals surface area contributed by atoms with Crippen molar-refractivity contribution >= 4 is 23.4 Å². The number of carbonyl (C=O) groups excluding carboxylic acids is 2. The number of piperidine rings is 1. The molecule has 3 rings (SSSR count). The van der Waals surface area contributed by atoms with Crippen LogP contribution in [0.3, 0.4) is 0 Å². The van der Waals surface area contributed by atoms with Gasteiger partial charge in [-0.25, -0.2) is 0 Å². The molecule has 1 unspecified atom stereocenters. The van der Waals surface area contributed by atoms with Crippen LogP contribution in [-0.4, -0.2) is 47.3 Å². The number of halogens is 1. The third kappa shape index (κ3) is 4.06. The summed E-state index contributed by atoms with van der Waals surface area (Å²) in [7, 11) is 0. The van der Waals surface area contributed by atoms with E-state index in [1.807, 2.05) is 24.3 Å². The van der Waals surface area contributed by atoms with E-state index in [0.29, 0.717) is 13.1 Å². The quantitative estimate of drug-likeness (QED) is 0.773. The fourth-order valence-electron chi connectivity index (χ4n) is 3.97. The molecule has 0 aromatic heterocycles. The number of hydrogen-bond acceptors (Lipinski definition) is 2. The lowest BCUT2D eigenvalue weighted by Crippen LogP contribution is -2.45. The molecule has 0 bridgehead atoms. The Morgan fingerprint density at radius 1 is 1.16 bits per heavy atom. The van der Waals surface area contributed by atoms with Gasteiger partial charge in [-0.1, -0.05) is 36.4 Å². The van der Waals surface area contributed by atoms with Crippen LogP contribution in [0.1, 0.15) is 31.2 Å². The van der Waals surface area contributed by atoms with Gasteiger partial charge in [0.15, 0.2) is 0 Å². The van der Waals surface area contributed by atoms with Crippen molar-refractivity contribution in [2.75, 3.05) is 19.6 Å². The van der Waals surface area contributed by atoms with Crippen molar-refractivity contribution in [3.63, 3.8) is 0 Å². The second-order valence-corrected chi connectivity index (χ2v) is 7.33. The van der Waals surface area contributed by atoms with E-state index in [0.717, 1.165) is 49.2 Å². The van der Waals surface area contributed by atoms with Crippen LogP contribution < -0.4 is 0 Å². The Bertz CT molecular complexity index is 653. The van der Waals surface area contributed by atoms with Crippen LogP contribution in [0.4, 0.5) is 0 Å². The van der Waals surface area contributed by atoms with Gasteiger partial charge in [-0.15, -0.1) is 0 Å². The standard InChI is InChI=1S/C20H25ClN2O2/c1-2-19(24)22-12-9-15(10-13-22)20(25)23-11-5-7-17(23)14-16-6-3-4-8-18(16)21/h2-4,6,8,15,17H,1,5,7,9-14H2. The highest BCUT2D eigenvalue weighted by atomic mass is 35.5. The van der Waals surface area contributed by atoms with Crippen molar-refractivity contribution in [1.29, 1.82) is 0 Å². The molecular formula is C20H25ClN2O2. The van der Waals surface area contributed by atoms with E-state index in [-0.39, 0.29) is 23.8 Å². The van der Waals surface area contributed by atoms with Crippen molar-refractivity contribution in [3.8, 4) is 0 Å². The minimum atomic E-state index is -0.0383. The average Bonchev–Trinajstić information content (AvgIpc) is 3.10. The average molecular weight is 361 g/mol. The molecule has 0 spiro atoms. The van der Waals surface area contributed by atoms with E-state index in [2.05, 4.69) is 11.5 Å². The number of rotatable bonds is 4. The van der Waals surface area contributed by atoms with Crippen LogP contribution >= 0.6 is 11.6 Å². The summed E-state index contributed by atoms with van der Waals surface area (Å²) in [5.74, 6) is 0.240. The van der Waals surface area contributed by atoms with Crippen molar-refractivity contribution in [1.82, 2.24) is 9.80 Å². The highest BCUT2D eigenvalue weighted by molar-refractivity contribution is 6.31. The third-order valence-corrected chi connectivity index (χ3v) is 5.77. The van der Waals surface area contributed by atoms with Gasteiger partial charge in [0.2, 0.25) is 11.8 Å². The number of benzene rings is 1. The van der Waals surface area contributed by atoms with Crippen LogP contribution in [0.25, 0.3) is 0 Å². The molecule has 5 heteroatoms. The van der Waals surface area contributed by atoms with Crippen molar-refractivity contribution in [2.45, 2.75) is 38.1 Å². The Morgan fingerprint density at radius 3 is 2.56 bits per heavy atom. The van der Waals surface area contributed by atoms with Gasteiger partial charge < -0.3 is 9.80 Å². The van der Waals surface area contributed by atoms with Crippen LogP contribution in [0, 0.1) is 5.92 Å². The summed E-state index contributed by atoms with van der Waals surface area (Å²) in [6.07, 6.45) is 5.74. The molecule has 1 atom stereocenters. The highest BCUT2D eigenvalue weighted by Gasteiger charge is 2.35. The molecule has 2 saturated heterocycles. The Kier molecular flexibility index (Phi) is 5.79. The van der Waals surface area contributed by atoms with Gasteiger partial charge in [0.1, 0.15) is 0 Å². The van der Waals surface area contributed by atoms with Crippen molar-refractivity contribution in [3.05, 3.63) is 47.5 Å². The molecular weight excluding hydrogens is 336 g/mol. The topological polar surface area (TPSA) is 40.6 Å². The van der Waals surface area contributed by atoms with Crippen molar-refractivity contribution < 1.29 is 9.59 Å². The first-order valence-corrected chi connectivity index (χ1v) is 9.43. The van der Waals surface area contributed by atoms with Gasteiger partial charge in [0, 0.05) is 36.6 Å². The first kappa shape index (κ1) is 18.0. The SMILES string of the molecule is C=CC(=O)N1CCC(C(=O)N2CCCC2Cc2ccccc2Cl)CC1. The lowest BCUT2D eigenvalue weighted by Gasteiger charge is -2.34. The molecule has 2 heterocycles. The maximum atomic E-state index is 13.0. The third-order valence-electron chi connectivity index (χ3n) is 5.40. The van der Waals surface area contributed by atoms with Crippen LogP contribution in [0.2, 0.25) is 5.02 Å². The monoisotopic (exact) mass is 360 g/mol. The Balaban J connectivity index is 1.61. The van der Waals surface area contributed by atoms with Crippen molar-refractivity contribution in [2.24, 2.45) is 5.92 Å². The zero-order chi connectivity index (χ0) is 17.8. The van der Waals surface area contributed by atoms with E-state index >= 15 is 0 Å². The van der Waals surface area contributed by atoms with Gasteiger partial charge in [-0.3, -0.25) is 9.59 Å². The summed E-state index contributed by atoms with van der Waals surface area (Å²) in [5, 5.41) is 0.776. The number of carbonyl (C=O) groups is 2. The molecule has 0 saturated carbocycles. The molecule has 2 aliphatic rings. The molecule has 0 radical (unpaired) electrons. The summed E-state index contributed by atoms with van der Waals surface area (Å²) in [6.45, 7) is 5.65. The number of likely N-dealkylation sites (tertiary alicyclic amines) is 2. The summed E-state index contributed by atoms with van der Waals surface area (Å²) in [6, 6.07) is 8.11. The molecule has 4 nitrogen and oxygen atoms in total. The number of hydrogen-bond donors (Lipinski definition) is 0. The van der Waals surface area contributed by atoms with Gasteiger partial charge in [-0.2, -0.15) is 0 Å². The smallest absolute Gasteiger partial charge is 0.245 e. The normalized spacial score (nSPS) is 21.4. The Hall–Kier alpha value is -1.81. The first-order chi connectivity index (χ1) is 12.1. The van der Waals surface area contributed by atoms with E-state index < -0.39 is 0 Å². The largest absolute Gasteiger partial charge is 0.339 e. The minimum Gasteiger partial charge on any atom is -0.339 e. The molecule has 0 aliphatic carbocycles. The predicted molar refractivity (Wildman–Crippen MR) is 99.4 cm³/mol. The molecule has 2 aliphatic heterocycles. The van der Waals surface area contributed by atoms with Crippen LogP contribution in [0.15, 0.2) is 36.9 Å². The lowest BCUT2D eigenvalue weighted by molar-refractivity contribution is -0.140. The molecule has 2 amide bonds. The zero-order valence-electron chi connectivity index (χ0n) is 14.5. The second-order valence-electron chi connectivity index (χ2n) is 6.93. The maximum Gasteiger partial charge on any atom is 0.245 e. The zero-order valence-corrected chi connectivity index (χ0v) is 15.3. The van der Waals surface area contributed by atoms with E-state index in [1.54, 1.807) is 4.90 Å². The van der Waals surface area contributed by atoms with Crippen LogP contribution in [-0.2, 0) is 16.0 Å². The van der Waals surface area contributed by atoms with Gasteiger partial charge in [-0.05, 0) is 49.8 Å². The molecule has 1 aromatic rings. The van der Waals surface area contributed by atoms with E-state index in [4.69, 9.17) is 11.6 Å². The molecule has 25 heavy (non-hydrogen) atoms. The maximum absolute atomic E-state index is 13.0. The van der Waals surface area contributed by atoms with Gasteiger partial charge in [0.05, 0.1) is 0 Å². The molecule has 134 valence electrons. The summed E-state index contributed by atoms with van der Waals surface area (Å²) >= 11 is 6.29. The van der Waals surface area contributed by atoms with E-state index in [1.165, 1.54) is 6.08 Å². The molecule has 1 aromatic carbocycles. The Morgan fingerprint density at radius 2 is 1.88 bits per heavy atom. The summed E-state index contributed by atoms with van der Waals surface area (Å²) in [5.41, 5.74) is 1.11. The summed E-state index contributed by atoms with van der Waals surface area (Å²) in [4.78, 5) is 28.5. The Labute approximate surface area is 154 Å². The highest BCUT2D eigenvalue weighted by Crippen LogP contribution is 2.28. The summed E-state index contributed by atoms with van der Waals surface area (Å²) < 4.78 is 0. The van der Waals surface area contributed by atoms with Crippen LogP contribution in [0.5, 0.6) is 0 Å². The second kappa shape index (κ2) is 8.05. The van der Waals surface area contributed by atoms with E-state index in [9.17, 15) is 9.59 Å². The van der Waals surface area contributed by atoms with Gasteiger partial charge >= 0.3 is 0 Å². The minimum absolute atomic E-state index is 0.0284. The lowest BCUT2D eigenvalue weighted by atomic mass is 9.94. The number of nitrogens with zero attached hydrogens (tertiary/aromatic N) is 2. The number of amides is 2. The predicted octanol–water partition coefficient (Wildman–Crippen LogP) is 3.30. The first-order valence-electron chi connectivity index (χ1n) is 9.05. The molecule has 0 N–H and O–H groups in total.